The van der Waals surface area contributed by atoms with Gasteiger partial charge in [0.15, 0.2) is 0 Å². The summed E-state index contributed by atoms with van der Waals surface area (Å²) in [5, 5.41) is 1.15. The van der Waals surface area contributed by atoms with E-state index in [2.05, 4.69) is 27.0 Å². The van der Waals surface area contributed by atoms with Gasteiger partial charge in [0.25, 0.3) is 0 Å². The van der Waals surface area contributed by atoms with Crippen molar-refractivity contribution in [1.29, 1.82) is 0 Å². The Balaban J connectivity index is 1.54. The Morgan fingerprint density at radius 1 is 1.29 bits per heavy atom. The zero-order valence-corrected chi connectivity index (χ0v) is 11.6. The molecule has 106 valence electrons. The van der Waals surface area contributed by atoms with Crippen LogP contribution in [0.1, 0.15) is 17.0 Å². The first-order valence-corrected chi connectivity index (χ1v) is 7.08. The molecule has 0 saturated heterocycles. The number of anilines is 1. The molecule has 5 nitrogen and oxygen atoms in total. The number of aromatic nitrogens is 2. The minimum Gasteiger partial charge on any atom is -0.460 e. The molecule has 3 heterocycles. The normalized spacial score (nSPS) is 15.2. The van der Waals surface area contributed by atoms with Gasteiger partial charge in [-0.2, -0.15) is 0 Å². The van der Waals surface area contributed by atoms with Crippen LogP contribution in [0.3, 0.4) is 0 Å². The van der Waals surface area contributed by atoms with Gasteiger partial charge in [-0.05, 0) is 12.1 Å². The topological polar surface area (TPSA) is 68.2 Å². The van der Waals surface area contributed by atoms with E-state index in [0.29, 0.717) is 5.95 Å². The zero-order chi connectivity index (χ0) is 14.2. The summed E-state index contributed by atoms with van der Waals surface area (Å²) in [7, 11) is 0. The number of furan rings is 1. The van der Waals surface area contributed by atoms with E-state index in [0.717, 1.165) is 54.0 Å². The second-order valence-electron chi connectivity index (χ2n) is 5.41. The average molecular weight is 280 g/mol. The molecular weight excluding hydrogens is 264 g/mol. The summed E-state index contributed by atoms with van der Waals surface area (Å²) < 4.78 is 5.88. The maximum absolute atomic E-state index is 5.88. The van der Waals surface area contributed by atoms with Crippen LogP contribution in [-0.2, 0) is 19.5 Å². The summed E-state index contributed by atoms with van der Waals surface area (Å²) in [6.45, 7) is 2.60. The van der Waals surface area contributed by atoms with E-state index >= 15 is 0 Å². The number of hydrogen-bond donors (Lipinski definition) is 1. The molecule has 4 rings (SSSR count). The van der Waals surface area contributed by atoms with E-state index in [4.69, 9.17) is 10.2 Å². The summed E-state index contributed by atoms with van der Waals surface area (Å²) in [5.74, 6) is 1.36. The van der Waals surface area contributed by atoms with Crippen molar-refractivity contribution in [3.63, 3.8) is 0 Å². The zero-order valence-electron chi connectivity index (χ0n) is 11.6. The highest BCUT2D eigenvalue weighted by Gasteiger charge is 2.19. The number of rotatable bonds is 2. The first-order chi connectivity index (χ1) is 10.3. The maximum Gasteiger partial charge on any atom is 0.220 e. The van der Waals surface area contributed by atoms with Crippen LogP contribution in [-0.4, -0.2) is 21.4 Å². The fraction of sp³-hybridized carbons (Fsp3) is 0.250. The van der Waals surface area contributed by atoms with E-state index in [1.807, 2.05) is 24.4 Å². The van der Waals surface area contributed by atoms with E-state index in [1.165, 1.54) is 0 Å². The standard InChI is InChI=1S/C16H16N4O/c17-16-18-8-12-9-20(6-5-14(12)19-16)10-13-7-11-3-1-2-4-15(11)21-13/h1-4,7-8H,5-6,9-10H2,(H2,17,18,19). The smallest absolute Gasteiger partial charge is 0.220 e. The monoisotopic (exact) mass is 280 g/mol. The van der Waals surface area contributed by atoms with Gasteiger partial charge in [0.05, 0.1) is 12.2 Å². The third-order valence-electron chi connectivity index (χ3n) is 3.89. The predicted octanol–water partition coefficient (Wildman–Crippen LogP) is 2.36. The summed E-state index contributed by atoms with van der Waals surface area (Å²) >= 11 is 0. The van der Waals surface area contributed by atoms with Crippen molar-refractivity contribution in [2.75, 3.05) is 12.3 Å². The molecule has 0 bridgehead atoms. The van der Waals surface area contributed by atoms with Crippen LogP contribution in [0.4, 0.5) is 5.95 Å². The van der Waals surface area contributed by atoms with Gasteiger partial charge < -0.3 is 10.2 Å². The maximum atomic E-state index is 5.88. The molecule has 0 fully saturated rings. The molecule has 0 aliphatic carbocycles. The minimum absolute atomic E-state index is 0.361. The van der Waals surface area contributed by atoms with Crippen molar-refractivity contribution in [2.45, 2.75) is 19.5 Å². The van der Waals surface area contributed by atoms with Gasteiger partial charge in [0.2, 0.25) is 5.95 Å². The summed E-state index contributed by atoms with van der Waals surface area (Å²) in [4.78, 5) is 10.7. The number of nitrogen functional groups attached to an aromatic ring is 1. The Morgan fingerprint density at radius 3 is 3.10 bits per heavy atom. The summed E-state index contributed by atoms with van der Waals surface area (Å²) in [6.07, 6.45) is 2.74. The van der Waals surface area contributed by atoms with Crippen LogP contribution >= 0.6 is 0 Å². The van der Waals surface area contributed by atoms with Gasteiger partial charge in [0.1, 0.15) is 11.3 Å². The van der Waals surface area contributed by atoms with Gasteiger partial charge in [-0.1, -0.05) is 18.2 Å². The largest absolute Gasteiger partial charge is 0.460 e. The molecule has 2 N–H and O–H groups in total. The molecule has 21 heavy (non-hydrogen) atoms. The lowest BCUT2D eigenvalue weighted by Crippen LogP contribution is -2.30. The van der Waals surface area contributed by atoms with Crippen LogP contribution in [0, 0.1) is 0 Å². The number of nitrogens with two attached hydrogens (primary N) is 1. The Labute approximate surface area is 122 Å². The highest BCUT2D eigenvalue weighted by Crippen LogP contribution is 2.23. The Kier molecular flexibility index (Phi) is 2.86. The van der Waals surface area contributed by atoms with Crippen molar-refractivity contribution in [3.8, 4) is 0 Å². The SMILES string of the molecule is Nc1ncc2c(n1)CCN(Cc1cc3ccccc3o1)C2. The lowest BCUT2D eigenvalue weighted by Gasteiger charge is -2.26. The predicted molar refractivity (Wildman–Crippen MR) is 80.5 cm³/mol. The molecule has 1 aliphatic rings. The Morgan fingerprint density at radius 2 is 2.19 bits per heavy atom. The molecule has 0 amide bonds. The van der Waals surface area contributed by atoms with Gasteiger partial charge in [-0.25, -0.2) is 9.97 Å². The van der Waals surface area contributed by atoms with E-state index in [1.54, 1.807) is 0 Å². The Hall–Kier alpha value is -2.40. The third kappa shape index (κ3) is 2.36. The van der Waals surface area contributed by atoms with Crippen LogP contribution in [0.25, 0.3) is 11.0 Å². The van der Waals surface area contributed by atoms with Gasteiger partial charge in [-0.15, -0.1) is 0 Å². The van der Waals surface area contributed by atoms with Crippen molar-refractivity contribution >= 4 is 16.9 Å². The third-order valence-corrected chi connectivity index (χ3v) is 3.89. The van der Waals surface area contributed by atoms with Crippen LogP contribution in [0.15, 0.2) is 40.9 Å². The fourth-order valence-corrected chi connectivity index (χ4v) is 2.86. The van der Waals surface area contributed by atoms with E-state index < -0.39 is 0 Å². The van der Waals surface area contributed by atoms with Crippen molar-refractivity contribution < 1.29 is 4.42 Å². The van der Waals surface area contributed by atoms with Crippen LogP contribution < -0.4 is 5.73 Å². The van der Waals surface area contributed by atoms with Crippen molar-refractivity contribution in [1.82, 2.24) is 14.9 Å². The molecule has 1 aromatic carbocycles. The number of fused-ring (bicyclic) bond motifs is 2. The molecule has 1 aliphatic heterocycles. The van der Waals surface area contributed by atoms with E-state index in [-0.39, 0.29) is 0 Å². The quantitative estimate of drug-likeness (QED) is 0.780. The first kappa shape index (κ1) is 12.3. The van der Waals surface area contributed by atoms with Crippen molar-refractivity contribution in [2.24, 2.45) is 0 Å². The van der Waals surface area contributed by atoms with E-state index in [9.17, 15) is 0 Å². The lowest BCUT2D eigenvalue weighted by molar-refractivity contribution is 0.225. The van der Waals surface area contributed by atoms with Gasteiger partial charge in [0, 0.05) is 36.7 Å². The molecule has 0 radical (unpaired) electrons. The first-order valence-electron chi connectivity index (χ1n) is 7.08. The summed E-state index contributed by atoms with van der Waals surface area (Å²) in [5.41, 5.74) is 8.81. The number of hydrogen-bond acceptors (Lipinski definition) is 5. The molecule has 0 atom stereocenters. The van der Waals surface area contributed by atoms with Crippen LogP contribution in [0.2, 0.25) is 0 Å². The van der Waals surface area contributed by atoms with Crippen molar-refractivity contribution in [3.05, 3.63) is 53.5 Å². The summed E-state index contributed by atoms with van der Waals surface area (Å²) in [6, 6.07) is 10.2. The molecular formula is C16H16N4O. The minimum atomic E-state index is 0.361. The number of para-hydroxylation sites is 1. The molecule has 3 aromatic rings. The molecule has 0 saturated carbocycles. The second-order valence-corrected chi connectivity index (χ2v) is 5.41. The van der Waals surface area contributed by atoms with Gasteiger partial charge in [-0.3, -0.25) is 4.90 Å². The number of benzene rings is 1. The fourth-order valence-electron chi connectivity index (χ4n) is 2.86. The lowest BCUT2D eigenvalue weighted by atomic mass is 10.1. The number of nitrogens with zero attached hydrogens (tertiary/aromatic N) is 3. The molecule has 5 heteroatoms. The molecule has 0 spiro atoms. The second kappa shape index (κ2) is 4.86. The highest BCUT2D eigenvalue weighted by atomic mass is 16.3. The van der Waals surface area contributed by atoms with Crippen LogP contribution in [0.5, 0.6) is 0 Å². The molecule has 2 aromatic heterocycles. The van der Waals surface area contributed by atoms with Gasteiger partial charge >= 0.3 is 0 Å². The highest BCUT2D eigenvalue weighted by molar-refractivity contribution is 5.77. The Bertz CT molecular complexity index is 763. The molecule has 0 unspecified atom stereocenters. The average Bonchev–Trinajstić information content (AvgIpc) is 2.89.